The molecule has 2 atom stereocenters. The number of hydrogen-bond donors (Lipinski definition) is 1. The van der Waals surface area contributed by atoms with E-state index in [2.05, 4.69) is 12.2 Å². The van der Waals surface area contributed by atoms with Gasteiger partial charge in [0, 0.05) is 24.8 Å². The van der Waals surface area contributed by atoms with Gasteiger partial charge in [-0.25, -0.2) is 8.42 Å². The van der Waals surface area contributed by atoms with E-state index in [1.54, 1.807) is 10.4 Å². The van der Waals surface area contributed by atoms with Crippen LogP contribution < -0.4 is 5.32 Å². The molecular weight excluding hydrogens is 260 g/mol. The number of nitrogens with one attached hydrogen (secondary N) is 1. The largest absolute Gasteiger partial charge is 0.384 e. The van der Waals surface area contributed by atoms with Crippen LogP contribution in [0.2, 0.25) is 0 Å². The van der Waals surface area contributed by atoms with Gasteiger partial charge in [-0.15, -0.1) is 0 Å². The molecular formula is C14H20N2O2S. The molecule has 2 aliphatic rings. The van der Waals surface area contributed by atoms with Gasteiger partial charge in [0.15, 0.2) is 0 Å². The Morgan fingerprint density at radius 1 is 1.32 bits per heavy atom. The summed E-state index contributed by atoms with van der Waals surface area (Å²) in [7, 11) is -3.34. The minimum absolute atomic E-state index is 0.103. The Labute approximate surface area is 114 Å². The van der Waals surface area contributed by atoms with Gasteiger partial charge in [0.25, 0.3) is 0 Å². The molecule has 2 heterocycles. The van der Waals surface area contributed by atoms with E-state index in [1.807, 2.05) is 19.1 Å². The van der Waals surface area contributed by atoms with Crippen LogP contribution in [0.4, 0.5) is 5.69 Å². The number of rotatable bonds is 2. The van der Waals surface area contributed by atoms with E-state index < -0.39 is 10.0 Å². The lowest BCUT2D eigenvalue weighted by Crippen LogP contribution is -2.34. The topological polar surface area (TPSA) is 49.4 Å². The van der Waals surface area contributed by atoms with Crippen LogP contribution in [0.25, 0.3) is 0 Å². The predicted molar refractivity (Wildman–Crippen MR) is 75.8 cm³/mol. The molecule has 2 aliphatic heterocycles. The van der Waals surface area contributed by atoms with Gasteiger partial charge in [-0.1, -0.05) is 6.92 Å². The molecule has 0 radical (unpaired) electrons. The minimum Gasteiger partial charge on any atom is -0.384 e. The fraction of sp³-hybridized carbons (Fsp3) is 0.571. The molecule has 0 spiro atoms. The zero-order valence-corrected chi connectivity index (χ0v) is 12.2. The van der Waals surface area contributed by atoms with E-state index in [9.17, 15) is 8.42 Å². The highest BCUT2D eigenvalue weighted by Crippen LogP contribution is 2.31. The van der Waals surface area contributed by atoms with Gasteiger partial charge < -0.3 is 5.32 Å². The molecule has 4 nitrogen and oxygen atoms in total. The molecule has 19 heavy (non-hydrogen) atoms. The maximum absolute atomic E-state index is 12.7. The van der Waals surface area contributed by atoms with Gasteiger partial charge in [0.2, 0.25) is 10.0 Å². The Morgan fingerprint density at radius 2 is 2.11 bits per heavy atom. The van der Waals surface area contributed by atoms with Crippen LogP contribution >= 0.6 is 0 Å². The molecule has 104 valence electrons. The van der Waals surface area contributed by atoms with Crippen molar-refractivity contribution in [2.45, 2.75) is 37.6 Å². The van der Waals surface area contributed by atoms with Crippen molar-refractivity contribution in [1.82, 2.24) is 4.31 Å². The molecule has 0 saturated carbocycles. The molecule has 1 N–H and O–H groups in total. The summed E-state index contributed by atoms with van der Waals surface area (Å²) in [5, 5.41) is 3.26. The van der Waals surface area contributed by atoms with E-state index in [1.165, 1.54) is 0 Å². The second-order valence-corrected chi connectivity index (χ2v) is 7.65. The van der Waals surface area contributed by atoms with Crippen molar-refractivity contribution in [3.8, 4) is 0 Å². The fourth-order valence-corrected chi connectivity index (χ4v) is 4.99. The molecule has 1 aromatic rings. The SMILES string of the molecule is CC1CC(C)N(S(=O)(=O)c2ccc3c(c2)CCN3)C1. The number of fused-ring (bicyclic) bond motifs is 1. The Hall–Kier alpha value is -1.07. The van der Waals surface area contributed by atoms with Crippen molar-refractivity contribution in [3.05, 3.63) is 23.8 Å². The highest BCUT2D eigenvalue weighted by atomic mass is 32.2. The van der Waals surface area contributed by atoms with Gasteiger partial charge in [-0.2, -0.15) is 4.31 Å². The first-order chi connectivity index (χ1) is 8.98. The third-order valence-electron chi connectivity index (χ3n) is 4.12. The molecule has 1 fully saturated rings. The maximum Gasteiger partial charge on any atom is 0.243 e. The van der Waals surface area contributed by atoms with Crippen LogP contribution in [-0.2, 0) is 16.4 Å². The zero-order valence-electron chi connectivity index (χ0n) is 11.4. The van der Waals surface area contributed by atoms with Crippen molar-refractivity contribution in [1.29, 1.82) is 0 Å². The average molecular weight is 280 g/mol. The van der Waals surface area contributed by atoms with E-state index >= 15 is 0 Å². The lowest BCUT2D eigenvalue weighted by atomic mass is 10.1. The summed E-state index contributed by atoms with van der Waals surface area (Å²) in [5.74, 6) is 0.445. The Kier molecular flexibility index (Phi) is 3.06. The number of hydrogen-bond acceptors (Lipinski definition) is 3. The quantitative estimate of drug-likeness (QED) is 0.902. The maximum atomic E-state index is 12.7. The smallest absolute Gasteiger partial charge is 0.243 e. The first kappa shape index (κ1) is 12.9. The van der Waals surface area contributed by atoms with Crippen LogP contribution in [0.1, 0.15) is 25.8 Å². The Balaban J connectivity index is 1.96. The van der Waals surface area contributed by atoms with Crippen molar-refractivity contribution < 1.29 is 8.42 Å². The van der Waals surface area contributed by atoms with Crippen molar-refractivity contribution in [2.24, 2.45) is 5.92 Å². The second kappa shape index (κ2) is 4.49. The summed E-state index contributed by atoms with van der Waals surface area (Å²) in [6, 6.07) is 5.55. The van der Waals surface area contributed by atoms with Gasteiger partial charge in [-0.3, -0.25) is 0 Å². The van der Waals surface area contributed by atoms with E-state index in [0.29, 0.717) is 17.4 Å². The number of nitrogens with zero attached hydrogens (tertiary/aromatic N) is 1. The molecule has 2 unspecified atom stereocenters. The molecule has 1 saturated heterocycles. The van der Waals surface area contributed by atoms with Crippen LogP contribution in [0, 0.1) is 5.92 Å². The van der Waals surface area contributed by atoms with Crippen LogP contribution in [0.15, 0.2) is 23.1 Å². The summed E-state index contributed by atoms with van der Waals surface area (Å²) in [4.78, 5) is 0.441. The van der Waals surface area contributed by atoms with E-state index in [-0.39, 0.29) is 6.04 Å². The monoisotopic (exact) mass is 280 g/mol. The highest BCUT2D eigenvalue weighted by Gasteiger charge is 2.36. The fourth-order valence-electron chi connectivity index (χ4n) is 3.17. The van der Waals surface area contributed by atoms with Crippen LogP contribution in [0.3, 0.4) is 0 Å². The third-order valence-corrected chi connectivity index (χ3v) is 6.10. The van der Waals surface area contributed by atoms with Crippen molar-refractivity contribution in [2.75, 3.05) is 18.4 Å². The molecule has 0 bridgehead atoms. The van der Waals surface area contributed by atoms with Crippen LogP contribution in [0.5, 0.6) is 0 Å². The molecule has 0 aromatic heterocycles. The molecule has 0 aliphatic carbocycles. The van der Waals surface area contributed by atoms with Gasteiger partial charge in [0.05, 0.1) is 4.90 Å². The number of anilines is 1. The Morgan fingerprint density at radius 3 is 2.79 bits per heavy atom. The number of sulfonamides is 1. The minimum atomic E-state index is -3.34. The summed E-state index contributed by atoms with van der Waals surface area (Å²) >= 11 is 0. The summed E-state index contributed by atoms with van der Waals surface area (Å²) in [6.07, 6.45) is 1.86. The van der Waals surface area contributed by atoms with Gasteiger partial charge in [-0.05, 0) is 49.4 Å². The van der Waals surface area contributed by atoms with E-state index in [0.717, 1.165) is 30.6 Å². The first-order valence-corrected chi connectivity index (χ1v) is 8.31. The summed E-state index contributed by atoms with van der Waals surface area (Å²) < 4.78 is 27.0. The van der Waals surface area contributed by atoms with Gasteiger partial charge >= 0.3 is 0 Å². The summed E-state index contributed by atoms with van der Waals surface area (Å²) in [6.45, 7) is 5.64. The van der Waals surface area contributed by atoms with Crippen molar-refractivity contribution >= 4 is 15.7 Å². The summed E-state index contributed by atoms with van der Waals surface area (Å²) in [5.41, 5.74) is 2.18. The molecule has 0 amide bonds. The second-order valence-electron chi connectivity index (χ2n) is 5.76. The third kappa shape index (κ3) is 2.15. The Bertz CT molecular complexity index is 597. The van der Waals surface area contributed by atoms with Crippen molar-refractivity contribution in [3.63, 3.8) is 0 Å². The first-order valence-electron chi connectivity index (χ1n) is 6.87. The predicted octanol–water partition coefficient (Wildman–Crippen LogP) is 2.07. The van der Waals surface area contributed by atoms with Gasteiger partial charge in [0.1, 0.15) is 0 Å². The molecule has 1 aromatic carbocycles. The van der Waals surface area contributed by atoms with E-state index in [4.69, 9.17) is 0 Å². The normalized spacial score (nSPS) is 27.3. The standard InChI is InChI=1S/C14H20N2O2S/c1-10-7-11(2)16(9-10)19(17,18)13-3-4-14-12(8-13)5-6-15-14/h3-4,8,10-11,15H,5-7,9H2,1-2H3. The highest BCUT2D eigenvalue weighted by molar-refractivity contribution is 7.89. The molecule has 5 heteroatoms. The molecule has 3 rings (SSSR count). The zero-order chi connectivity index (χ0) is 13.6. The average Bonchev–Trinajstić information content (AvgIpc) is 2.94. The lowest BCUT2D eigenvalue weighted by Gasteiger charge is -2.21. The number of benzene rings is 1. The van der Waals surface area contributed by atoms with Crippen LogP contribution in [-0.4, -0.2) is 31.9 Å². The lowest BCUT2D eigenvalue weighted by molar-refractivity contribution is 0.405.